The summed E-state index contributed by atoms with van der Waals surface area (Å²) in [5.74, 6) is 0.672. The van der Waals surface area contributed by atoms with Crippen LogP contribution in [0.3, 0.4) is 0 Å². The van der Waals surface area contributed by atoms with Gasteiger partial charge in [0.25, 0.3) is 0 Å². The van der Waals surface area contributed by atoms with Crippen molar-refractivity contribution in [3.05, 3.63) is 0 Å². The fourth-order valence-corrected chi connectivity index (χ4v) is 1.50. The van der Waals surface area contributed by atoms with Crippen LogP contribution >= 0.6 is 0 Å². The van der Waals surface area contributed by atoms with Crippen LogP contribution in [-0.2, 0) is 9.59 Å². The number of carbonyl (C=O) groups excluding carboxylic acids is 2. The molecule has 4 heteroatoms. The molecule has 2 aliphatic rings. The summed E-state index contributed by atoms with van der Waals surface area (Å²) >= 11 is 0. The monoisotopic (exact) mass is 182 g/mol. The maximum absolute atomic E-state index is 11.4. The fourth-order valence-electron chi connectivity index (χ4n) is 1.50. The quantitative estimate of drug-likeness (QED) is 0.634. The molecule has 0 spiro atoms. The van der Waals surface area contributed by atoms with E-state index < -0.39 is 0 Å². The summed E-state index contributed by atoms with van der Waals surface area (Å²) in [5.41, 5.74) is 0. The standard InChI is InChI=1S/C9H14N2O2/c12-8-4-3-7(11-8)9(13)10-5-6-1-2-6/h6-7H,1-5H2,(H,10,13)(H,11,12). The largest absolute Gasteiger partial charge is 0.354 e. The molecule has 1 aliphatic carbocycles. The van der Waals surface area contributed by atoms with Gasteiger partial charge < -0.3 is 10.6 Å². The minimum atomic E-state index is -0.272. The van der Waals surface area contributed by atoms with Gasteiger partial charge in [-0.05, 0) is 25.2 Å². The minimum absolute atomic E-state index is 0.00780. The van der Waals surface area contributed by atoms with Gasteiger partial charge in [0.1, 0.15) is 6.04 Å². The van der Waals surface area contributed by atoms with Crippen LogP contribution in [0.2, 0.25) is 0 Å². The van der Waals surface area contributed by atoms with E-state index in [9.17, 15) is 9.59 Å². The summed E-state index contributed by atoms with van der Waals surface area (Å²) in [5, 5.41) is 5.50. The van der Waals surface area contributed by atoms with Crippen molar-refractivity contribution in [2.24, 2.45) is 5.92 Å². The van der Waals surface area contributed by atoms with Crippen molar-refractivity contribution >= 4 is 11.8 Å². The first-order valence-electron chi connectivity index (χ1n) is 4.83. The Morgan fingerprint density at radius 3 is 2.77 bits per heavy atom. The van der Waals surface area contributed by atoms with Gasteiger partial charge in [-0.3, -0.25) is 9.59 Å². The second-order valence-electron chi connectivity index (χ2n) is 3.85. The minimum Gasteiger partial charge on any atom is -0.354 e. The summed E-state index contributed by atoms with van der Waals surface area (Å²) in [6.45, 7) is 0.783. The SMILES string of the molecule is O=C1CCC(C(=O)NCC2CC2)N1. The van der Waals surface area contributed by atoms with Crippen molar-refractivity contribution in [2.75, 3.05) is 6.54 Å². The van der Waals surface area contributed by atoms with Gasteiger partial charge in [0, 0.05) is 13.0 Å². The van der Waals surface area contributed by atoms with Crippen molar-refractivity contribution < 1.29 is 9.59 Å². The summed E-state index contributed by atoms with van der Waals surface area (Å²) in [4.78, 5) is 22.2. The zero-order chi connectivity index (χ0) is 9.26. The Morgan fingerprint density at radius 1 is 1.46 bits per heavy atom. The first-order valence-corrected chi connectivity index (χ1v) is 4.83. The summed E-state index contributed by atoms with van der Waals surface area (Å²) < 4.78 is 0. The highest BCUT2D eigenvalue weighted by atomic mass is 16.2. The second kappa shape index (κ2) is 3.36. The number of rotatable bonds is 3. The van der Waals surface area contributed by atoms with Crippen LogP contribution in [0.1, 0.15) is 25.7 Å². The molecular weight excluding hydrogens is 168 g/mol. The van der Waals surface area contributed by atoms with Gasteiger partial charge in [-0.15, -0.1) is 0 Å². The lowest BCUT2D eigenvalue weighted by Crippen LogP contribution is -2.42. The summed E-state index contributed by atoms with van der Waals surface area (Å²) in [6, 6.07) is -0.272. The first kappa shape index (κ1) is 8.53. The molecule has 4 nitrogen and oxygen atoms in total. The molecule has 0 radical (unpaired) electrons. The van der Waals surface area contributed by atoms with E-state index in [1.54, 1.807) is 0 Å². The molecule has 1 unspecified atom stereocenters. The van der Waals surface area contributed by atoms with Gasteiger partial charge in [-0.1, -0.05) is 0 Å². The van der Waals surface area contributed by atoms with Gasteiger partial charge in [-0.25, -0.2) is 0 Å². The molecule has 1 saturated heterocycles. The lowest BCUT2D eigenvalue weighted by Gasteiger charge is -2.09. The lowest BCUT2D eigenvalue weighted by molar-refractivity contribution is -0.125. The zero-order valence-corrected chi connectivity index (χ0v) is 7.51. The second-order valence-corrected chi connectivity index (χ2v) is 3.85. The van der Waals surface area contributed by atoms with Gasteiger partial charge in [0.2, 0.25) is 11.8 Å². The number of nitrogens with one attached hydrogen (secondary N) is 2. The molecule has 1 saturated carbocycles. The topological polar surface area (TPSA) is 58.2 Å². The molecule has 0 bridgehead atoms. The predicted octanol–water partition coefficient (Wildman–Crippen LogP) is -0.209. The molecular formula is C9H14N2O2. The van der Waals surface area contributed by atoms with E-state index in [-0.39, 0.29) is 17.9 Å². The number of carbonyl (C=O) groups is 2. The van der Waals surface area contributed by atoms with E-state index in [0.717, 1.165) is 6.54 Å². The molecule has 0 aromatic rings. The molecule has 72 valence electrons. The van der Waals surface area contributed by atoms with E-state index >= 15 is 0 Å². The Labute approximate surface area is 77.1 Å². The van der Waals surface area contributed by atoms with E-state index in [4.69, 9.17) is 0 Å². The van der Waals surface area contributed by atoms with Crippen molar-refractivity contribution in [1.82, 2.24) is 10.6 Å². The molecule has 0 aromatic carbocycles. The van der Waals surface area contributed by atoms with Crippen LogP contribution in [0.5, 0.6) is 0 Å². The Balaban J connectivity index is 1.72. The third-order valence-corrected chi connectivity index (χ3v) is 2.57. The van der Waals surface area contributed by atoms with Gasteiger partial charge in [0.05, 0.1) is 0 Å². The van der Waals surface area contributed by atoms with Crippen LogP contribution < -0.4 is 10.6 Å². The molecule has 2 fully saturated rings. The Hall–Kier alpha value is -1.06. The van der Waals surface area contributed by atoms with Crippen molar-refractivity contribution in [3.8, 4) is 0 Å². The fraction of sp³-hybridized carbons (Fsp3) is 0.778. The molecule has 2 N–H and O–H groups in total. The maximum atomic E-state index is 11.4. The molecule has 1 aliphatic heterocycles. The van der Waals surface area contributed by atoms with Crippen LogP contribution in [0, 0.1) is 5.92 Å². The zero-order valence-electron chi connectivity index (χ0n) is 7.51. The maximum Gasteiger partial charge on any atom is 0.242 e. The van der Waals surface area contributed by atoms with Crippen molar-refractivity contribution in [1.29, 1.82) is 0 Å². The molecule has 2 rings (SSSR count). The summed E-state index contributed by atoms with van der Waals surface area (Å²) in [7, 11) is 0. The smallest absolute Gasteiger partial charge is 0.242 e. The molecule has 1 atom stereocenters. The number of amides is 2. The predicted molar refractivity (Wildman–Crippen MR) is 46.9 cm³/mol. The highest BCUT2D eigenvalue weighted by Crippen LogP contribution is 2.27. The summed E-state index contributed by atoms with van der Waals surface area (Å²) in [6.07, 6.45) is 3.60. The first-order chi connectivity index (χ1) is 6.25. The molecule has 0 aromatic heterocycles. The van der Waals surface area contributed by atoms with Crippen LogP contribution in [0.15, 0.2) is 0 Å². The van der Waals surface area contributed by atoms with Gasteiger partial charge in [0.15, 0.2) is 0 Å². The van der Waals surface area contributed by atoms with E-state index in [0.29, 0.717) is 18.8 Å². The molecule has 1 heterocycles. The number of hydrogen-bond acceptors (Lipinski definition) is 2. The van der Waals surface area contributed by atoms with Crippen LogP contribution in [-0.4, -0.2) is 24.4 Å². The molecule has 13 heavy (non-hydrogen) atoms. The average Bonchev–Trinajstić information content (AvgIpc) is 2.84. The van der Waals surface area contributed by atoms with Gasteiger partial charge >= 0.3 is 0 Å². The van der Waals surface area contributed by atoms with Crippen LogP contribution in [0.4, 0.5) is 0 Å². The van der Waals surface area contributed by atoms with Gasteiger partial charge in [-0.2, -0.15) is 0 Å². The van der Waals surface area contributed by atoms with Crippen molar-refractivity contribution in [2.45, 2.75) is 31.7 Å². The third kappa shape index (κ3) is 2.20. The lowest BCUT2D eigenvalue weighted by atomic mass is 10.2. The third-order valence-electron chi connectivity index (χ3n) is 2.57. The number of hydrogen-bond donors (Lipinski definition) is 2. The Morgan fingerprint density at radius 2 is 2.23 bits per heavy atom. The highest BCUT2D eigenvalue weighted by Gasteiger charge is 2.28. The van der Waals surface area contributed by atoms with E-state index in [1.807, 2.05) is 0 Å². The van der Waals surface area contributed by atoms with E-state index in [1.165, 1.54) is 12.8 Å². The van der Waals surface area contributed by atoms with Crippen molar-refractivity contribution in [3.63, 3.8) is 0 Å². The Bertz CT molecular complexity index is 236. The average molecular weight is 182 g/mol. The molecule has 2 amide bonds. The normalized spacial score (nSPS) is 27.1. The van der Waals surface area contributed by atoms with Crippen LogP contribution in [0.25, 0.3) is 0 Å². The Kier molecular flexibility index (Phi) is 2.20. The van der Waals surface area contributed by atoms with E-state index in [2.05, 4.69) is 10.6 Å². The highest BCUT2D eigenvalue weighted by molar-refractivity contribution is 5.90.